The standard InChI is InChI=1S/C10H10BrNO2/c11-8-2-1-6-4-9(14-10(12)13)5-7(6)3-8/h1-3,9H,4-5H2,(H2,12,13). The summed E-state index contributed by atoms with van der Waals surface area (Å²) >= 11 is 3.40. The first-order chi connectivity index (χ1) is 6.65. The van der Waals surface area contributed by atoms with Gasteiger partial charge in [-0.15, -0.1) is 0 Å². The van der Waals surface area contributed by atoms with Crippen LogP contribution >= 0.6 is 15.9 Å². The minimum absolute atomic E-state index is 0.0863. The molecule has 1 amide bonds. The Morgan fingerprint density at radius 1 is 1.43 bits per heavy atom. The summed E-state index contributed by atoms with van der Waals surface area (Å²) in [6.07, 6.45) is 0.752. The van der Waals surface area contributed by atoms with Crippen LogP contribution in [0, 0.1) is 0 Å². The Kier molecular flexibility index (Phi) is 2.46. The maximum atomic E-state index is 10.6. The van der Waals surface area contributed by atoms with Crippen molar-refractivity contribution in [2.24, 2.45) is 5.73 Å². The van der Waals surface area contributed by atoms with Crippen molar-refractivity contribution >= 4 is 22.0 Å². The lowest BCUT2D eigenvalue weighted by Gasteiger charge is -2.07. The second-order valence-electron chi connectivity index (χ2n) is 3.38. The third kappa shape index (κ3) is 1.90. The molecule has 14 heavy (non-hydrogen) atoms. The van der Waals surface area contributed by atoms with Crippen molar-refractivity contribution in [3.05, 3.63) is 33.8 Å². The Bertz CT molecular complexity index is 378. The monoisotopic (exact) mass is 255 g/mol. The van der Waals surface area contributed by atoms with Crippen molar-refractivity contribution in [3.8, 4) is 0 Å². The first kappa shape index (κ1) is 9.52. The molecule has 0 saturated carbocycles. The summed E-state index contributed by atoms with van der Waals surface area (Å²) in [7, 11) is 0. The van der Waals surface area contributed by atoms with E-state index in [-0.39, 0.29) is 6.10 Å². The van der Waals surface area contributed by atoms with Crippen molar-refractivity contribution in [2.45, 2.75) is 18.9 Å². The number of benzene rings is 1. The quantitative estimate of drug-likeness (QED) is 0.835. The van der Waals surface area contributed by atoms with Crippen LogP contribution in [0.15, 0.2) is 22.7 Å². The molecule has 1 aromatic carbocycles. The molecule has 0 saturated heterocycles. The maximum Gasteiger partial charge on any atom is 0.404 e. The summed E-state index contributed by atoms with van der Waals surface area (Å²) in [5.41, 5.74) is 7.43. The minimum Gasteiger partial charge on any atom is -0.446 e. The molecular formula is C10H10BrNO2. The summed E-state index contributed by atoms with van der Waals surface area (Å²) < 4.78 is 6.01. The molecule has 3 nitrogen and oxygen atoms in total. The van der Waals surface area contributed by atoms with Gasteiger partial charge in [0.25, 0.3) is 0 Å². The number of hydrogen-bond donors (Lipinski definition) is 1. The van der Waals surface area contributed by atoms with E-state index in [4.69, 9.17) is 10.5 Å². The van der Waals surface area contributed by atoms with Gasteiger partial charge in [0.15, 0.2) is 0 Å². The van der Waals surface area contributed by atoms with Crippen LogP contribution in [-0.2, 0) is 17.6 Å². The highest BCUT2D eigenvalue weighted by Gasteiger charge is 2.23. The minimum atomic E-state index is -0.693. The van der Waals surface area contributed by atoms with Gasteiger partial charge in [0.05, 0.1) is 0 Å². The Labute approximate surface area is 90.4 Å². The second-order valence-corrected chi connectivity index (χ2v) is 4.30. The van der Waals surface area contributed by atoms with E-state index in [0.29, 0.717) is 0 Å². The van der Waals surface area contributed by atoms with Crippen molar-refractivity contribution in [1.82, 2.24) is 0 Å². The third-order valence-electron chi connectivity index (χ3n) is 2.35. The van der Waals surface area contributed by atoms with E-state index in [9.17, 15) is 4.79 Å². The number of rotatable bonds is 1. The topological polar surface area (TPSA) is 52.3 Å². The van der Waals surface area contributed by atoms with Crippen LogP contribution in [-0.4, -0.2) is 12.2 Å². The van der Waals surface area contributed by atoms with Gasteiger partial charge < -0.3 is 10.5 Å². The molecule has 1 aliphatic rings. The summed E-state index contributed by atoms with van der Waals surface area (Å²) in [5, 5.41) is 0. The van der Waals surface area contributed by atoms with Crippen LogP contribution in [0.3, 0.4) is 0 Å². The van der Waals surface area contributed by atoms with Gasteiger partial charge in [0, 0.05) is 17.3 Å². The normalized spacial score (nSPS) is 19.1. The number of hydrogen-bond acceptors (Lipinski definition) is 2. The number of carbonyl (C=O) groups is 1. The summed E-state index contributed by atoms with van der Waals surface area (Å²) in [6.45, 7) is 0. The van der Waals surface area contributed by atoms with Gasteiger partial charge in [-0.3, -0.25) is 0 Å². The van der Waals surface area contributed by atoms with Crippen LogP contribution in [0.1, 0.15) is 11.1 Å². The lowest BCUT2D eigenvalue weighted by molar-refractivity contribution is 0.112. The molecule has 1 aliphatic carbocycles. The van der Waals surface area contributed by atoms with E-state index in [2.05, 4.69) is 22.0 Å². The molecule has 0 aliphatic heterocycles. The van der Waals surface area contributed by atoms with Gasteiger partial charge in [-0.05, 0) is 23.3 Å². The first-order valence-electron chi connectivity index (χ1n) is 4.38. The second kappa shape index (κ2) is 3.61. The number of amides is 1. The number of nitrogens with two attached hydrogens (primary N) is 1. The molecule has 0 bridgehead atoms. The predicted molar refractivity (Wildman–Crippen MR) is 56.0 cm³/mol. The molecule has 74 valence electrons. The summed E-state index contributed by atoms with van der Waals surface area (Å²) in [5.74, 6) is 0. The number of primary amides is 1. The Morgan fingerprint density at radius 3 is 2.86 bits per heavy atom. The van der Waals surface area contributed by atoms with E-state index < -0.39 is 6.09 Å². The lowest BCUT2D eigenvalue weighted by Crippen LogP contribution is -2.22. The van der Waals surface area contributed by atoms with E-state index in [1.807, 2.05) is 12.1 Å². The Balaban J connectivity index is 2.14. The fraction of sp³-hybridized carbons (Fsp3) is 0.300. The summed E-state index contributed by atoms with van der Waals surface area (Å²) in [4.78, 5) is 10.6. The fourth-order valence-electron chi connectivity index (χ4n) is 1.79. The van der Waals surface area contributed by atoms with E-state index in [1.165, 1.54) is 11.1 Å². The van der Waals surface area contributed by atoms with Crippen LogP contribution in [0.4, 0.5) is 4.79 Å². The average Bonchev–Trinajstić information content (AvgIpc) is 2.44. The first-order valence-corrected chi connectivity index (χ1v) is 5.18. The maximum absolute atomic E-state index is 10.6. The average molecular weight is 256 g/mol. The van der Waals surface area contributed by atoms with Crippen molar-refractivity contribution < 1.29 is 9.53 Å². The van der Waals surface area contributed by atoms with Crippen LogP contribution in [0.2, 0.25) is 0 Å². The van der Waals surface area contributed by atoms with E-state index >= 15 is 0 Å². The van der Waals surface area contributed by atoms with E-state index in [1.54, 1.807) is 0 Å². The number of ether oxygens (including phenoxy) is 1. The summed E-state index contributed by atoms with van der Waals surface area (Å²) in [6, 6.07) is 6.09. The highest BCUT2D eigenvalue weighted by Crippen LogP contribution is 2.26. The zero-order valence-electron chi connectivity index (χ0n) is 7.50. The third-order valence-corrected chi connectivity index (χ3v) is 2.84. The zero-order valence-corrected chi connectivity index (χ0v) is 9.08. The Morgan fingerprint density at radius 2 is 2.14 bits per heavy atom. The zero-order chi connectivity index (χ0) is 10.1. The van der Waals surface area contributed by atoms with Crippen molar-refractivity contribution in [1.29, 1.82) is 0 Å². The van der Waals surface area contributed by atoms with Crippen LogP contribution < -0.4 is 5.73 Å². The molecule has 0 radical (unpaired) electrons. The molecule has 0 aromatic heterocycles. The number of fused-ring (bicyclic) bond motifs is 1. The van der Waals surface area contributed by atoms with Gasteiger partial charge >= 0.3 is 6.09 Å². The largest absolute Gasteiger partial charge is 0.446 e. The van der Waals surface area contributed by atoms with Crippen molar-refractivity contribution in [3.63, 3.8) is 0 Å². The highest BCUT2D eigenvalue weighted by molar-refractivity contribution is 9.10. The van der Waals surface area contributed by atoms with Gasteiger partial charge in [-0.25, -0.2) is 4.79 Å². The van der Waals surface area contributed by atoms with Crippen LogP contribution in [0.5, 0.6) is 0 Å². The highest BCUT2D eigenvalue weighted by atomic mass is 79.9. The molecule has 1 atom stereocenters. The fourth-order valence-corrected chi connectivity index (χ4v) is 2.20. The van der Waals surface area contributed by atoms with Gasteiger partial charge in [-0.2, -0.15) is 0 Å². The number of halogens is 1. The van der Waals surface area contributed by atoms with E-state index in [0.717, 1.165) is 17.3 Å². The molecule has 0 spiro atoms. The lowest BCUT2D eigenvalue weighted by atomic mass is 10.1. The molecular weight excluding hydrogens is 246 g/mol. The van der Waals surface area contributed by atoms with Gasteiger partial charge in [0.2, 0.25) is 0 Å². The molecule has 2 rings (SSSR count). The van der Waals surface area contributed by atoms with Crippen LogP contribution in [0.25, 0.3) is 0 Å². The molecule has 0 fully saturated rings. The van der Waals surface area contributed by atoms with Gasteiger partial charge in [-0.1, -0.05) is 22.0 Å². The predicted octanol–water partition coefficient (Wildman–Crippen LogP) is 2.01. The van der Waals surface area contributed by atoms with Crippen molar-refractivity contribution in [2.75, 3.05) is 0 Å². The molecule has 0 heterocycles. The van der Waals surface area contributed by atoms with Gasteiger partial charge in [0.1, 0.15) is 6.10 Å². The molecule has 2 N–H and O–H groups in total. The smallest absolute Gasteiger partial charge is 0.404 e. The molecule has 1 aromatic rings. The number of carbonyl (C=O) groups excluding carboxylic acids is 1. The molecule has 1 unspecified atom stereocenters. The SMILES string of the molecule is NC(=O)OC1Cc2ccc(Br)cc2C1. The Hall–Kier alpha value is -1.03. The molecule has 4 heteroatoms.